The van der Waals surface area contributed by atoms with E-state index in [1.165, 1.54) is 12.6 Å². The van der Waals surface area contributed by atoms with Gasteiger partial charge in [-0.3, -0.25) is 0 Å². The van der Waals surface area contributed by atoms with Gasteiger partial charge in [-0.1, -0.05) is 0 Å². The molecule has 1 aliphatic heterocycles. The van der Waals surface area contributed by atoms with E-state index in [0.29, 0.717) is 11.4 Å². The standard InChI is InChI=1S/C8H17OPS/c1-10-5-3-7-6-8(11)2-4-9-7/h7-8,10-11H,2-6H2,1H3. The van der Waals surface area contributed by atoms with E-state index in [-0.39, 0.29) is 0 Å². The van der Waals surface area contributed by atoms with Crippen LogP contribution in [0.1, 0.15) is 19.3 Å². The molecule has 0 spiro atoms. The van der Waals surface area contributed by atoms with Crippen LogP contribution in [0.2, 0.25) is 0 Å². The Morgan fingerprint density at radius 2 is 2.45 bits per heavy atom. The van der Waals surface area contributed by atoms with Crippen LogP contribution in [-0.4, -0.2) is 30.8 Å². The predicted octanol–water partition coefficient (Wildman–Crippen LogP) is 2.16. The van der Waals surface area contributed by atoms with Crippen LogP contribution in [0.25, 0.3) is 0 Å². The Morgan fingerprint density at radius 1 is 1.64 bits per heavy atom. The van der Waals surface area contributed by atoms with Crippen molar-refractivity contribution in [3.05, 3.63) is 0 Å². The number of thiol groups is 1. The molecule has 0 amide bonds. The summed E-state index contributed by atoms with van der Waals surface area (Å²) in [7, 11) is 1.07. The minimum Gasteiger partial charge on any atom is -0.378 e. The highest BCUT2D eigenvalue weighted by Crippen LogP contribution is 2.22. The van der Waals surface area contributed by atoms with Crippen LogP contribution in [0.5, 0.6) is 0 Å². The van der Waals surface area contributed by atoms with Gasteiger partial charge in [-0.25, -0.2) is 0 Å². The molecular formula is C8H17OPS. The first-order valence-corrected chi connectivity index (χ1v) is 6.49. The zero-order valence-corrected chi connectivity index (χ0v) is 8.94. The topological polar surface area (TPSA) is 9.23 Å². The molecule has 0 bridgehead atoms. The van der Waals surface area contributed by atoms with E-state index < -0.39 is 0 Å². The van der Waals surface area contributed by atoms with Crippen LogP contribution in [0.3, 0.4) is 0 Å². The third-order valence-electron chi connectivity index (χ3n) is 2.06. The van der Waals surface area contributed by atoms with Gasteiger partial charge in [-0.15, -0.1) is 8.58 Å². The Bertz CT molecular complexity index is 110. The molecule has 3 atom stereocenters. The molecule has 3 unspecified atom stereocenters. The summed E-state index contributed by atoms with van der Waals surface area (Å²) in [5.41, 5.74) is 0. The van der Waals surface area contributed by atoms with Gasteiger partial charge in [-0.2, -0.15) is 12.6 Å². The summed E-state index contributed by atoms with van der Waals surface area (Å²) >= 11 is 4.46. The number of ether oxygens (including phenoxy) is 1. The maximum atomic E-state index is 5.61. The van der Waals surface area contributed by atoms with Gasteiger partial charge in [0.1, 0.15) is 0 Å². The van der Waals surface area contributed by atoms with Crippen molar-refractivity contribution in [3.63, 3.8) is 0 Å². The van der Waals surface area contributed by atoms with Crippen molar-refractivity contribution in [2.75, 3.05) is 19.4 Å². The van der Waals surface area contributed by atoms with Gasteiger partial charge in [0, 0.05) is 11.9 Å². The van der Waals surface area contributed by atoms with E-state index in [2.05, 4.69) is 19.3 Å². The Labute approximate surface area is 76.5 Å². The van der Waals surface area contributed by atoms with E-state index in [1.807, 2.05) is 0 Å². The summed E-state index contributed by atoms with van der Waals surface area (Å²) < 4.78 is 5.61. The fourth-order valence-electron chi connectivity index (χ4n) is 1.37. The zero-order valence-electron chi connectivity index (χ0n) is 7.05. The van der Waals surface area contributed by atoms with Crippen molar-refractivity contribution in [3.8, 4) is 0 Å². The van der Waals surface area contributed by atoms with Gasteiger partial charge in [0.15, 0.2) is 0 Å². The maximum absolute atomic E-state index is 5.61. The summed E-state index contributed by atoms with van der Waals surface area (Å²) in [6.45, 7) is 3.17. The summed E-state index contributed by atoms with van der Waals surface area (Å²) in [6.07, 6.45) is 5.37. The lowest BCUT2D eigenvalue weighted by molar-refractivity contribution is 0.0180. The van der Waals surface area contributed by atoms with E-state index in [1.54, 1.807) is 0 Å². The monoisotopic (exact) mass is 192 g/mol. The molecule has 0 N–H and O–H groups in total. The molecule has 1 nitrogen and oxygen atoms in total. The highest BCUT2D eigenvalue weighted by atomic mass is 32.1. The molecule has 0 aromatic heterocycles. The third-order valence-corrected chi connectivity index (χ3v) is 3.31. The lowest BCUT2D eigenvalue weighted by atomic mass is 10.1. The van der Waals surface area contributed by atoms with E-state index >= 15 is 0 Å². The fourth-order valence-corrected chi connectivity index (χ4v) is 2.32. The maximum Gasteiger partial charge on any atom is 0.0588 e. The average Bonchev–Trinajstić information content (AvgIpc) is 2.01. The summed E-state index contributed by atoms with van der Waals surface area (Å²) in [5, 5.41) is 0.592. The molecule has 11 heavy (non-hydrogen) atoms. The lowest BCUT2D eigenvalue weighted by Gasteiger charge is -2.26. The molecule has 1 heterocycles. The van der Waals surface area contributed by atoms with E-state index in [4.69, 9.17) is 4.74 Å². The quantitative estimate of drug-likeness (QED) is 0.532. The van der Waals surface area contributed by atoms with Gasteiger partial charge in [0.05, 0.1) is 6.10 Å². The van der Waals surface area contributed by atoms with E-state index in [9.17, 15) is 0 Å². The number of hydrogen-bond donors (Lipinski definition) is 1. The molecule has 0 aromatic carbocycles. The molecule has 0 saturated carbocycles. The molecule has 3 heteroatoms. The normalized spacial score (nSPS) is 33.3. The molecule has 1 fully saturated rings. The molecule has 1 rings (SSSR count). The molecule has 0 radical (unpaired) electrons. The van der Waals surface area contributed by atoms with Crippen LogP contribution in [0.15, 0.2) is 0 Å². The first kappa shape index (κ1) is 9.83. The number of hydrogen-bond acceptors (Lipinski definition) is 2. The fraction of sp³-hybridized carbons (Fsp3) is 1.00. The van der Waals surface area contributed by atoms with Crippen LogP contribution in [0.4, 0.5) is 0 Å². The van der Waals surface area contributed by atoms with E-state index in [0.717, 1.165) is 28.0 Å². The Hall–Kier alpha value is 0.740. The summed E-state index contributed by atoms with van der Waals surface area (Å²) in [6, 6.07) is 0. The third kappa shape index (κ3) is 3.78. The minimum absolute atomic E-state index is 0.513. The largest absolute Gasteiger partial charge is 0.378 e. The Kier molecular flexibility index (Phi) is 4.82. The van der Waals surface area contributed by atoms with Crippen LogP contribution in [-0.2, 0) is 4.74 Å². The van der Waals surface area contributed by atoms with Crippen molar-refractivity contribution in [2.45, 2.75) is 30.6 Å². The molecule has 1 aliphatic rings. The van der Waals surface area contributed by atoms with Crippen LogP contribution in [0, 0.1) is 0 Å². The van der Waals surface area contributed by atoms with Crippen molar-refractivity contribution < 1.29 is 4.74 Å². The molecule has 0 aromatic rings. The lowest BCUT2D eigenvalue weighted by Crippen LogP contribution is -2.26. The zero-order chi connectivity index (χ0) is 8.10. The minimum atomic E-state index is 0.513. The SMILES string of the molecule is CPCCC1CC(S)CCO1. The van der Waals surface area contributed by atoms with Crippen molar-refractivity contribution in [1.82, 2.24) is 0 Å². The number of rotatable bonds is 3. The van der Waals surface area contributed by atoms with Gasteiger partial charge in [0.25, 0.3) is 0 Å². The molecular weight excluding hydrogens is 175 g/mol. The molecule has 0 aliphatic carbocycles. The second kappa shape index (κ2) is 5.40. The average molecular weight is 192 g/mol. The Morgan fingerprint density at radius 3 is 3.09 bits per heavy atom. The molecule has 1 saturated heterocycles. The molecule has 66 valence electrons. The van der Waals surface area contributed by atoms with Crippen molar-refractivity contribution >= 4 is 21.2 Å². The predicted molar refractivity (Wildman–Crippen MR) is 55.5 cm³/mol. The highest BCUT2D eigenvalue weighted by Gasteiger charge is 2.18. The van der Waals surface area contributed by atoms with Gasteiger partial charge in [0.2, 0.25) is 0 Å². The highest BCUT2D eigenvalue weighted by molar-refractivity contribution is 7.80. The smallest absolute Gasteiger partial charge is 0.0588 e. The Balaban J connectivity index is 2.12. The van der Waals surface area contributed by atoms with Crippen LogP contribution < -0.4 is 0 Å². The van der Waals surface area contributed by atoms with Gasteiger partial charge >= 0.3 is 0 Å². The second-order valence-electron chi connectivity index (χ2n) is 3.06. The van der Waals surface area contributed by atoms with Crippen molar-refractivity contribution in [2.24, 2.45) is 0 Å². The first-order valence-electron chi connectivity index (χ1n) is 4.27. The summed E-state index contributed by atoms with van der Waals surface area (Å²) in [4.78, 5) is 0. The van der Waals surface area contributed by atoms with Crippen molar-refractivity contribution in [1.29, 1.82) is 0 Å². The van der Waals surface area contributed by atoms with Crippen LogP contribution >= 0.6 is 21.2 Å². The second-order valence-corrected chi connectivity index (χ2v) is 5.00. The van der Waals surface area contributed by atoms with Gasteiger partial charge in [-0.05, 0) is 32.1 Å². The van der Waals surface area contributed by atoms with Gasteiger partial charge < -0.3 is 4.74 Å². The first-order chi connectivity index (χ1) is 5.33. The summed E-state index contributed by atoms with van der Waals surface area (Å²) in [5.74, 6) is 0.